The fourth-order valence-electron chi connectivity index (χ4n) is 2.17. The van der Waals surface area contributed by atoms with Crippen LogP contribution in [0.1, 0.15) is 58.8 Å². The zero-order valence-corrected chi connectivity index (χ0v) is 11.2. The first-order chi connectivity index (χ1) is 8.38. The predicted octanol–water partition coefficient (Wildman–Crippen LogP) is 4.74. The molecule has 0 saturated carbocycles. The molecule has 17 heavy (non-hydrogen) atoms. The van der Waals surface area contributed by atoms with Gasteiger partial charge in [0.05, 0.1) is 5.70 Å². The van der Waals surface area contributed by atoms with Crippen LogP contribution >= 0.6 is 0 Å². The van der Waals surface area contributed by atoms with Crippen molar-refractivity contribution in [2.45, 2.75) is 58.8 Å². The van der Waals surface area contributed by atoms with Crippen LogP contribution in [0.5, 0.6) is 0 Å². The highest BCUT2D eigenvalue weighted by Gasteiger charge is 2.13. The Bertz CT molecular complexity index is 279. The van der Waals surface area contributed by atoms with Gasteiger partial charge in [0.25, 0.3) is 0 Å². The molecule has 1 N–H and O–H groups in total. The molecule has 0 radical (unpaired) electrons. The second-order valence-electron chi connectivity index (χ2n) is 4.61. The summed E-state index contributed by atoms with van der Waals surface area (Å²) in [4.78, 5) is 0. The number of unbranched alkanes of at least 4 members (excludes halogenated alkanes) is 3. The Labute approximate surface area is 105 Å². The molecule has 1 atom stereocenters. The standard InChI is InChI=1S/C14H25N3/c1-3-5-6-7-10-13(9-4-2)14-11-8-12-15-17-16-14/h8,11-13H,3-7,9-10H2,1-2H3,(H,15,16). The maximum atomic E-state index is 4.25. The summed E-state index contributed by atoms with van der Waals surface area (Å²) in [6, 6.07) is 0. The van der Waals surface area contributed by atoms with E-state index in [1.54, 1.807) is 0 Å². The van der Waals surface area contributed by atoms with Gasteiger partial charge in [0.2, 0.25) is 0 Å². The molecule has 96 valence electrons. The molecule has 1 unspecified atom stereocenters. The molecule has 0 amide bonds. The maximum absolute atomic E-state index is 4.25. The molecule has 0 fully saturated rings. The Morgan fingerprint density at radius 3 is 2.76 bits per heavy atom. The smallest absolute Gasteiger partial charge is 0.0679 e. The van der Waals surface area contributed by atoms with Crippen molar-refractivity contribution in [3.8, 4) is 0 Å². The van der Waals surface area contributed by atoms with E-state index >= 15 is 0 Å². The van der Waals surface area contributed by atoms with Crippen LogP contribution in [-0.2, 0) is 0 Å². The summed E-state index contributed by atoms with van der Waals surface area (Å²) >= 11 is 0. The van der Waals surface area contributed by atoms with Crippen LogP contribution in [-0.4, -0.2) is 0 Å². The second-order valence-corrected chi connectivity index (χ2v) is 4.61. The van der Waals surface area contributed by atoms with Crippen molar-refractivity contribution >= 4 is 0 Å². The first-order valence-electron chi connectivity index (χ1n) is 6.91. The molecule has 0 bridgehead atoms. The summed E-state index contributed by atoms with van der Waals surface area (Å²) in [6.45, 7) is 4.49. The Hall–Kier alpha value is -1.12. The summed E-state index contributed by atoms with van der Waals surface area (Å²) < 4.78 is 0. The molecule has 0 aliphatic carbocycles. The number of rotatable bonds is 8. The Balaban J connectivity index is 2.46. The maximum Gasteiger partial charge on any atom is 0.0679 e. The van der Waals surface area contributed by atoms with Crippen LogP contribution in [0, 0.1) is 5.92 Å². The van der Waals surface area contributed by atoms with Crippen LogP contribution in [0.3, 0.4) is 0 Å². The van der Waals surface area contributed by atoms with Gasteiger partial charge in [0.15, 0.2) is 0 Å². The number of nitrogens with zero attached hydrogens (tertiary/aromatic N) is 2. The van der Waals surface area contributed by atoms with Gasteiger partial charge in [-0.3, -0.25) is 5.43 Å². The lowest BCUT2D eigenvalue weighted by molar-refractivity contribution is 0.468. The van der Waals surface area contributed by atoms with Crippen molar-refractivity contribution in [2.24, 2.45) is 16.3 Å². The Morgan fingerprint density at radius 1 is 1.12 bits per heavy atom. The highest BCUT2D eigenvalue weighted by molar-refractivity contribution is 5.14. The van der Waals surface area contributed by atoms with Gasteiger partial charge in [0, 0.05) is 12.1 Å². The molecule has 1 rings (SSSR count). The van der Waals surface area contributed by atoms with Crippen molar-refractivity contribution in [1.82, 2.24) is 5.43 Å². The van der Waals surface area contributed by atoms with Gasteiger partial charge in [-0.1, -0.05) is 51.2 Å². The van der Waals surface area contributed by atoms with Crippen LogP contribution in [0.2, 0.25) is 0 Å². The lowest BCUT2D eigenvalue weighted by Crippen LogP contribution is -2.03. The van der Waals surface area contributed by atoms with Gasteiger partial charge in [0.1, 0.15) is 0 Å². The molecule has 0 aromatic carbocycles. The highest BCUT2D eigenvalue weighted by atomic mass is 15.4. The molecule has 1 aliphatic heterocycles. The monoisotopic (exact) mass is 235 g/mol. The zero-order chi connectivity index (χ0) is 12.3. The fraction of sp³-hybridized carbons (Fsp3) is 0.714. The molecular weight excluding hydrogens is 210 g/mol. The van der Waals surface area contributed by atoms with Gasteiger partial charge in [-0.2, -0.15) is 0 Å². The lowest BCUT2D eigenvalue weighted by atomic mass is 9.93. The van der Waals surface area contributed by atoms with Gasteiger partial charge >= 0.3 is 0 Å². The summed E-state index contributed by atoms with van der Waals surface area (Å²) in [7, 11) is 0. The molecule has 3 heteroatoms. The van der Waals surface area contributed by atoms with Crippen LogP contribution in [0.15, 0.2) is 34.4 Å². The van der Waals surface area contributed by atoms with Gasteiger partial charge in [-0.15, -0.1) is 5.11 Å². The molecule has 0 spiro atoms. The van der Waals surface area contributed by atoms with E-state index in [2.05, 4.69) is 35.7 Å². The van der Waals surface area contributed by atoms with Crippen molar-refractivity contribution < 1.29 is 0 Å². The predicted molar refractivity (Wildman–Crippen MR) is 72.4 cm³/mol. The molecule has 1 heterocycles. The molecule has 0 aromatic rings. The minimum Gasteiger partial charge on any atom is -0.267 e. The number of allylic oxidation sites excluding steroid dienone is 3. The van der Waals surface area contributed by atoms with E-state index < -0.39 is 0 Å². The second kappa shape index (κ2) is 8.97. The molecular formula is C14H25N3. The molecule has 3 nitrogen and oxygen atoms in total. The van der Waals surface area contributed by atoms with Gasteiger partial charge < -0.3 is 0 Å². The van der Waals surface area contributed by atoms with Crippen molar-refractivity contribution in [3.05, 3.63) is 24.0 Å². The lowest BCUT2D eigenvalue weighted by Gasteiger charge is -2.15. The normalized spacial score (nSPS) is 16.2. The number of nitrogens with one attached hydrogen (secondary N) is 1. The highest BCUT2D eigenvalue weighted by Crippen LogP contribution is 2.25. The Kier molecular flexibility index (Phi) is 7.35. The zero-order valence-electron chi connectivity index (χ0n) is 11.2. The third-order valence-corrected chi connectivity index (χ3v) is 3.12. The molecule has 0 aromatic heterocycles. The van der Waals surface area contributed by atoms with Gasteiger partial charge in [-0.05, 0) is 25.0 Å². The van der Waals surface area contributed by atoms with E-state index in [9.17, 15) is 0 Å². The largest absolute Gasteiger partial charge is 0.267 e. The van der Waals surface area contributed by atoms with Gasteiger partial charge in [-0.25, -0.2) is 0 Å². The summed E-state index contributed by atoms with van der Waals surface area (Å²) in [6.07, 6.45) is 14.9. The van der Waals surface area contributed by atoms with Crippen molar-refractivity contribution in [2.75, 3.05) is 0 Å². The summed E-state index contributed by atoms with van der Waals surface area (Å²) in [5.41, 5.74) is 3.91. The minimum atomic E-state index is 0.574. The van der Waals surface area contributed by atoms with E-state index in [0.29, 0.717) is 5.92 Å². The quantitative estimate of drug-likeness (QED) is 0.606. The van der Waals surface area contributed by atoms with Crippen LogP contribution < -0.4 is 5.43 Å². The number of hydrogen-bond acceptors (Lipinski definition) is 3. The third kappa shape index (κ3) is 5.66. The van der Waals surface area contributed by atoms with Crippen molar-refractivity contribution in [3.63, 3.8) is 0 Å². The summed E-state index contributed by atoms with van der Waals surface area (Å²) in [5, 5.41) is 8.17. The summed E-state index contributed by atoms with van der Waals surface area (Å²) in [5.74, 6) is 0.574. The third-order valence-electron chi connectivity index (χ3n) is 3.12. The van der Waals surface area contributed by atoms with E-state index in [0.717, 1.165) is 5.70 Å². The van der Waals surface area contributed by atoms with Crippen molar-refractivity contribution in [1.29, 1.82) is 0 Å². The van der Waals surface area contributed by atoms with Crippen LogP contribution in [0.4, 0.5) is 0 Å². The molecule has 0 saturated heterocycles. The van der Waals surface area contributed by atoms with E-state index in [1.807, 2.05) is 12.3 Å². The van der Waals surface area contributed by atoms with Crippen LogP contribution in [0.25, 0.3) is 0 Å². The SMILES string of the molecule is CCCCCCC(CCC)C1=CC=CNN=N1. The average molecular weight is 235 g/mol. The minimum absolute atomic E-state index is 0.574. The molecule has 1 aliphatic rings. The first kappa shape index (κ1) is 13.9. The Morgan fingerprint density at radius 2 is 2.00 bits per heavy atom. The van der Waals surface area contributed by atoms with E-state index in [4.69, 9.17) is 0 Å². The number of hydrogen-bond donors (Lipinski definition) is 1. The van der Waals surface area contributed by atoms with E-state index in [-0.39, 0.29) is 0 Å². The average Bonchev–Trinajstić information content (AvgIpc) is 2.62. The van der Waals surface area contributed by atoms with E-state index in [1.165, 1.54) is 44.9 Å². The topological polar surface area (TPSA) is 36.8 Å². The first-order valence-corrected chi connectivity index (χ1v) is 6.91. The fourth-order valence-corrected chi connectivity index (χ4v) is 2.17.